The first kappa shape index (κ1) is 19.7. The first-order valence-electron chi connectivity index (χ1n) is 8.31. The van der Waals surface area contributed by atoms with Crippen molar-refractivity contribution in [2.24, 2.45) is 0 Å². The molecule has 2 aromatic carbocycles. The number of hydrogen-bond acceptors (Lipinski definition) is 5. The van der Waals surface area contributed by atoms with Gasteiger partial charge < -0.3 is 14.4 Å². The average Bonchev–Trinajstić information content (AvgIpc) is 2.70. The standard InChI is InChI=1S/C21H20N2O4/c1-23(15-18-5-3-2-4-6-18)20(24)16-27-21(25)12-9-17-7-10-19(11-8-17)26-14-13-22/h2-12H,14-16H2,1H3/b12-9+. The second-order valence-electron chi connectivity index (χ2n) is 5.69. The molecule has 0 saturated carbocycles. The molecule has 0 fully saturated rings. The predicted octanol–water partition coefficient (Wildman–Crippen LogP) is 2.80. The van der Waals surface area contributed by atoms with Gasteiger partial charge in [0.2, 0.25) is 0 Å². The third kappa shape index (κ3) is 7.04. The Labute approximate surface area is 158 Å². The summed E-state index contributed by atoms with van der Waals surface area (Å²) in [4.78, 5) is 25.3. The lowest BCUT2D eigenvalue weighted by Gasteiger charge is -2.16. The summed E-state index contributed by atoms with van der Waals surface area (Å²) in [5, 5.41) is 8.46. The van der Waals surface area contributed by atoms with Gasteiger partial charge in [0.25, 0.3) is 5.91 Å². The Morgan fingerprint density at radius 1 is 1.11 bits per heavy atom. The van der Waals surface area contributed by atoms with Crippen LogP contribution in [0.15, 0.2) is 60.7 Å². The second kappa shape index (κ2) is 10.4. The van der Waals surface area contributed by atoms with E-state index in [1.807, 2.05) is 36.4 Å². The number of likely N-dealkylation sites (N-methyl/N-ethyl adjacent to an activating group) is 1. The summed E-state index contributed by atoms with van der Waals surface area (Å²) in [5.74, 6) is -0.302. The van der Waals surface area contributed by atoms with Gasteiger partial charge >= 0.3 is 5.97 Å². The summed E-state index contributed by atoms with van der Waals surface area (Å²) in [6.45, 7) is 0.120. The third-order valence-electron chi connectivity index (χ3n) is 3.62. The van der Waals surface area contributed by atoms with E-state index in [2.05, 4.69) is 0 Å². The minimum atomic E-state index is -0.596. The molecule has 6 nitrogen and oxygen atoms in total. The Kier molecular flexibility index (Phi) is 7.61. The van der Waals surface area contributed by atoms with Crippen molar-refractivity contribution in [3.05, 3.63) is 71.8 Å². The molecule has 2 aromatic rings. The molecule has 0 aromatic heterocycles. The topological polar surface area (TPSA) is 79.6 Å². The molecule has 0 saturated heterocycles. The maximum absolute atomic E-state index is 12.0. The summed E-state index contributed by atoms with van der Waals surface area (Å²) >= 11 is 0. The van der Waals surface area contributed by atoms with E-state index >= 15 is 0 Å². The monoisotopic (exact) mass is 364 g/mol. The van der Waals surface area contributed by atoms with Crippen LogP contribution in [-0.4, -0.2) is 37.0 Å². The lowest BCUT2D eigenvalue weighted by molar-refractivity contribution is -0.147. The van der Waals surface area contributed by atoms with Crippen LogP contribution in [0, 0.1) is 11.3 Å². The van der Waals surface area contributed by atoms with Crippen molar-refractivity contribution >= 4 is 18.0 Å². The van der Waals surface area contributed by atoms with E-state index in [-0.39, 0.29) is 19.1 Å². The van der Waals surface area contributed by atoms with Crippen molar-refractivity contribution in [2.45, 2.75) is 6.54 Å². The van der Waals surface area contributed by atoms with Gasteiger partial charge in [-0.15, -0.1) is 0 Å². The first-order valence-corrected chi connectivity index (χ1v) is 8.31. The Morgan fingerprint density at radius 3 is 2.48 bits per heavy atom. The lowest BCUT2D eigenvalue weighted by Crippen LogP contribution is -2.30. The summed E-state index contributed by atoms with van der Waals surface area (Å²) < 4.78 is 10.1. The predicted molar refractivity (Wildman–Crippen MR) is 100 cm³/mol. The highest BCUT2D eigenvalue weighted by Gasteiger charge is 2.11. The van der Waals surface area contributed by atoms with Crippen LogP contribution in [0.1, 0.15) is 11.1 Å². The molecule has 0 atom stereocenters. The summed E-state index contributed by atoms with van der Waals surface area (Å²) in [6, 6.07) is 18.3. The number of rotatable bonds is 8. The molecule has 6 heteroatoms. The molecule has 0 spiro atoms. The molecule has 0 aliphatic rings. The number of nitriles is 1. The van der Waals surface area contributed by atoms with Gasteiger partial charge in [0.1, 0.15) is 11.8 Å². The summed E-state index contributed by atoms with van der Waals surface area (Å²) in [5.41, 5.74) is 1.77. The molecule has 0 aliphatic carbocycles. The zero-order chi connectivity index (χ0) is 19.5. The molecule has 0 N–H and O–H groups in total. The first-order chi connectivity index (χ1) is 13.1. The van der Waals surface area contributed by atoms with Gasteiger partial charge in [0.15, 0.2) is 13.2 Å². The molecule has 0 aliphatic heterocycles. The number of hydrogen-bond donors (Lipinski definition) is 0. The van der Waals surface area contributed by atoms with Crippen molar-refractivity contribution in [1.29, 1.82) is 5.26 Å². The minimum Gasteiger partial charge on any atom is -0.479 e. The number of amides is 1. The Balaban J connectivity index is 1.77. The fourth-order valence-corrected chi connectivity index (χ4v) is 2.19. The molecule has 27 heavy (non-hydrogen) atoms. The van der Waals surface area contributed by atoms with Crippen molar-refractivity contribution in [1.82, 2.24) is 4.90 Å². The van der Waals surface area contributed by atoms with Gasteiger partial charge in [-0.05, 0) is 29.3 Å². The molecule has 0 bridgehead atoms. The molecule has 0 radical (unpaired) electrons. The molecule has 138 valence electrons. The van der Waals surface area contributed by atoms with Crippen LogP contribution in [0.4, 0.5) is 0 Å². The number of ether oxygens (including phenoxy) is 2. The van der Waals surface area contributed by atoms with E-state index in [0.29, 0.717) is 12.3 Å². The van der Waals surface area contributed by atoms with Crippen molar-refractivity contribution < 1.29 is 19.1 Å². The highest BCUT2D eigenvalue weighted by atomic mass is 16.5. The largest absolute Gasteiger partial charge is 0.479 e. The quantitative estimate of drug-likeness (QED) is 0.531. The highest BCUT2D eigenvalue weighted by molar-refractivity contribution is 5.89. The lowest BCUT2D eigenvalue weighted by atomic mass is 10.2. The second-order valence-corrected chi connectivity index (χ2v) is 5.69. The maximum atomic E-state index is 12.0. The van der Waals surface area contributed by atoms with Gasteiger partial charge in [-0.3, -0.25) is 4.79 Å². The SMILES string of the molecule is CN(Cc1ccccc1)C(=O)COC(=O)/C=C/c1ccc(OCC#N)cc1. The molecule has 0 heterocycles. The summed E-state index contributed by atoms with van der Waals surface area (Å²) in [6.07, 6.45) is 2.84. The molecule has 1 amide bonds. The molecular formula is C21H20N2O4. The van der Waals surface area contributed by atoms with Crippen LogP contribution in [-0.2, 0) is 20.9 Å². The molecule has 0 unspecified atom stereocenters. The zero-order valence-corrected chi connectivity index (χ0v) is 15.0. The van der Waals surface area contributed by atoms with Gasteiger partial charge in [-0.2, -0.15) is 5.26 Å². The van der Waals surface area contributed by atoms with E-state index < -0.39 is 5.97 Å². The van der Waals surface area contributed by atoms with E-state index in [0.717, 1.165) is 11.1 Å². The molecular weight excluding hydrogens is 344 g/mol. The maximum Gasteiger partial charge on any atom is 0.331 e. The Bertz CT molecular complexity index is 824. The number of nitrogens with zero attached hydrogens (tertiary/aromatic N) is 2. The van der Waals surface area contributed by atoms with Gasteiger partial charge in [-0.25, -0.2) is 4.79 Å². The summed E-state index contributed by atoms with van der Waals surface area (Å²) in [7, 11) is 1.66. The number of carbonyl (C=O) groups is 2. The van der Waals surface area contributed by atoms with Crippen molar-refractivity contribution in [2.75, 3.05) is 20.3 Å². The van der Waals surface area contributed by atoms with E-state index in [1.54, 1.807) is 37.4 Å². The van der Waals surface area contributed by atoms with Gasteiger partial charge in [-0.1, -0.05) is 42.5 Å². The van der Waals surface area contributed by atoms with Gasteiger partial charge in [0, 0.05) is 19.7 Å². The van der Waals surface area contributed by atoms with Crippen LogP contribution in [0.3, 0.4) is 0 Å². The van der Waals surface area contributed by atoms with Crippen molar-refractivity contribution in [3.63, 3.8) is 0 Å². The highest BCUT2D eigenvalue weighted by Crippen LogP contribution is 2.13. The third-order valence-corrected chi connectivity index (χ3v) is 3.62. The van der Waals surface area contributed by atoms with Crippen molar-refractivity contribution in [3.8, 4) is 11.8 Å². The fourth-order valence-electron chi connectivity index (χ4n) is 2.19. The smallest absolute Gasteiger partial charge is 0.331 e. The minimum absolute atomic E-state index is 0.0196. The Hall–Kier alpha value is -3.59. The van der Waals surface area contributed by atoms with E-state index in [9.17, 15) is 9.59 Å². The van der Waals surface area contributed by atoms with Crippen LogP contribution < -0.4 is 4.74 Å². The van der Waals surface area contributed by atoms with Gasteiger partial charge in [0.05, 0.1) is 0 Å². The average molecular weight is 364 g/mol. The van der Waals surface area contributed by atoms with E-state index in [1.165, 1.54) is 11.0 Å². The van der Waals surface area contributed by atoms with E-state index in [4.69, 9.17) is 14.7 Å². The number of esters is 1. The normalized spacial score (nSPS) is 10.2. The molecule has 2 rings (SSSR count). The fraction of sp³-hybridized carbons (Fsp3) is 0.190. The Morgan fingerprint density at radius 2 is 1.81 bits per heavy atom. The van der Waals surface area contributed by atoms with Crippen LogP contribution in [0.25, 0.3) is 6.08 Å². The number of carbonyl (C=O) groups excluding carboxylic acids is 2. The van der Waals surface area contributed by atoms with Crippen LogP contribution >= 0.6 is 0 Å². The zero-order valence-electron chi connectivity index (χ0n) is 15.0. The van der Waals surface area contributed by atoms with Crippen LogP contribution in [0.5, 0.6) is 5.75 Å². The number of benzene rings is 2. The van der Waals surface area contributed by atoms with Crippen LogP contribution in [0.2, 0.25) is 0 Å².